The van der Waals surface area contributed by atoms with Gasteiger partial charge in [-0.25, -0.2) is 0 Å². The summed E-state index contributed by atoms with van der Waals surface area (Å²) in [5, 5.41) is 0. The highest BCUT2D eigenvalue weighted by Gasteiger charge is 2.39. The molecule has 6 heteroatoms. The lowest BCUT2D eigenvalue weighted by molar-refractivity contribution is 0.383. The Labute approximate surface area is 118 Å². The van der Waals surface area contributed by atoms with Gasteiger partial charge in [-0.3, -0.25) is 0 Å². The first-order valence-electron chi connectivity index (χ1n) is 5.94. The second-order valence-electron chi connectivity index (χ2n) is 6.36. The Kier molecular flexibility index (Phi) is 6.99. The van der Waals surface area contributed by atoms with Crippen LogP contribution < -0.4 is 0 Å². The van der Waals surface area contributed by atoms with Crippen LogP contribution in [0, 0.1) is 0 Å². The van der Waals surface area contributed by atoms with E-state index in [1.54, 1.807) is 0 Å². The van der Waals surface area contributed by atoms with Gasteiger partial charge in [-0.05, 0) is 62.7 Å². The average Bonchev–Trinajstić information content (AvgIpc) is 1.93. The van der Waals surface area contributed by atoms with E-state index in [1.165, 1.54) is 10.8 Å². The van der Waals surface area contributed by atoms with E-state index in [-0.39, 0.29) is 0 Å². The van der Waals surface area contributed by atoms with Crippen molar-refractivity contribution in [2.75, 3.05) is 4.43 Å². The maximum atomic E-state index is 6.39. The molecule has 0 spiro atoms. The van der Waals surface area contributed by atoms with Crippen molar-refractivity contribution >= 4 is 47.8 Å². The first-order valence-corrected chi connectivity index (χ1v) is 16.8. The third kappa shape index (κ3) is 9.34. The van der Waals surface area contributed by atoms with E-state index in [1.807, 2.05) is 0 Å². The Balaban J connectivity index is 4.61. The summed E-state index contributed by atoms with van der Waals surface area (Å²) in [5.74, 6) is 0. The molecule has 0 unspecified atom stereocenters. The van der Waals surface area contributed by atoms with Gasteiger partial charge in [-0.15, -0.1) is 0 Å². The topological polar surface area (TPSA) is 18.5 Å². The van der Waals surface area contributed by atoms with Crippen molar-refractivity contribution in [3.05, 3.63) is 0 Å². The van der Waals surface area contributed by atoms with Crippen LogP contribution in [0.4, 0.5) is 0 Å². The van der Waals surface area contributed by atoms with Crippen LogP contribution in [0.2, 0.25) is 51.9 Å². The third-order valence-corrected chi connectivity index (χ3v) is 12.2. The molecule has 0 aromatic heterocycles. The summed E-state index contributed by atoms with van der Waals surface area (Å²) < 4.78 is 14.0. The normalized spacial score (nSPS) is 14.2. The molecular weight excluding hydrogens is 363 g/mol. The van der Waals surface area contributed by atoms with Crippen molar-refractivity contribution < 1.29 is 8.23 Å². The van der Waals surface area contributed by atoms with E-state index >= 15 is 0 Å². The zero-order valence-corrected chi connectivity index (χ0v) is 17.0. The SMILES string of the molecule is C[Si](C)(C)O[Si](C)(CCCI)O[Si](C)(C)C. The molecule has 0 bridgehead atoms. The lowest BCUT2D eigenvalue weighted by Gasteiger charge is -2.38. The molecule has 0 aliphatic rings. The number of hydrogen-bond donors (Lipinski definition) is 0. The summed E-state index contributed by atoms with van der Waals surface area (Å²) in [4.78, 5) is 0. The fourth-order valence-electron chi connectivity index (χ4n) is 1.81. The predicted molar refractivity (Wildman–Crippen MR) is 88.8 cm³/mol. The minimum Gasteiger partial charge on any atom is -0.437 e. The van der Waals surface area contributed by atoms with Gasteiger partial charge in [0.25, 0.3) is 0 Å². The number of rotatable bonds is 7. The molecule has 0 saturated carbocycles. The Morgan fingerprint density at radius 2 is 1.19 bits per heavy atom. The maximum Gasteiger partial charge on any atom is 0.314 e. The molecular formula is C10H27IO2Si3. The van der Waals surface area contributed by atoms with Crippen molar-refractivity contribution in [3.8, 4) is 0 Å². The summed E-state index contributed by atoms with van der Waals surface area (Å²) in [7, 11) is -4.89. The van der Waals surface area contributed by atoms with Gasteiger partial charge in [0, 0.05) is 0 Å². The van der Waals surface area contributed by atoms with Crippen molar-refractivity contribution in [3.63, 3.8) is 0 Å². The molecule has 0 heterocycles. The molecule has 0 N–H and O–H groups in total. The largest absolute Gasteiger partial charge is 0.437 e. The van der Waals surface area contributed by atoms with Gasteiger partial charge < -0.3 is 8.23 Å². The van der Waals surface area contributed by atoms with Crippen molar-refractivity contribution in [2.24, 2.45) is 0 Å². The van der Waals surface area contributed by atoms with Gasteiger partial charge in [0.2, 0.25) is 0 Å². The summed E-state index contributed by atoms with van der Waals surface area (Å²) in [6, 6.07) is 1.14. The van der Waals surface area contributed by atoms with Crippen LogP contribution in [0.5, 0.6) is 0 Å². The molecule has 0 radical (unpaired) electrons. The maximum absolute atomic E-state index is 6.39. The quantitative estimate of drug-likeness (QED) is 0.360. The summed E-state index contributed by atoms with van der Waals surface area (Å²) >= 11 is 2.44. The van der Waals surface area contributed by atoms with E-state index in [0.717, 1.165) is 6.04 Å². The lowest BCUT2D eigenvalue weighted by atomic mass is 10.6. The zero-order valence-electron chi connectivity index (χ0n) is 11.8. The van der Waals surface area contributed by atoms with Gasteiger partial charge in [0.05, 0.1) is 0 Å². The smallest absolute Gasteiger partial charge is 0.314 e. The molecule has 0 aromatic rings. The lowest BCUT2D eigenvalue weighted by Crippen LogP contribution is -2.52. The minimum absolute atomic E-state index is 1.14. The van der Waals surface area contributed by atoms with Crippen LogP contribution in [0.15, 0.2) is 0 Å². The summed E-state index contributed by atoms with van der Waals surface area (Å²) in [5.41, 5.74) is 0. The van der Waals surface area contributed by atoms with E-state index < -0.39 is 25.2 Å². The fourth-order valence-corrected chi connectivity index (χ4v) is 15.4. The number of alkyl halides is 1. The van der Waals surface area contributed by atoms with Crippen LogP contribution in [0.3, 0.4) is 0 Å². The van der Waals surface area contributed by atoms with Crippen LogP contribution >= 0.6 is 22.6 Å². The number of halogens is 1. The highest BCUT2D eigenvalue weighted by Crippen LogP contribution is 2.25. The molecule has 0 atom stereocenters. The fraction of sp³-hybridized carbons (Fsp3) is 1.00. The Bertz CT molecular complexity index is 195. The summed E-state index contributed by atoms with van der Waals surface area (Å²) in [6.45, 7) is 15.8. The summed E-state index contributed by atoms with van der Waals surface area (Å²) in [6.07, 6.45) is 1.22. The minimum atomic E-state index is -1.92. The monoisotopic (exact) mass is 390 g/mol. The van der Waals surface area contributed by atoms with Crippen LogP contribution in [0.1, 0.15) is 6.42 Å². The van der Waals surface area contributed by atoms with Crippen LogP contribution in [-0.4, -0.2) is 29.6 Å². The van der Waals surface area contributed by atoms with E-state index in [0.29, 0.717) is 0 Å². The molecule has 16 heavy (non-hydrogen) atoms. The second kappa shape index (κ2) is 6.46. The second-order valence-corrected chi connectivity index (χ2v) is 20.3. The van der Waals surface area contributed by atoms with Gasteiger partial charge in [0.15, 0.2) is 16.6 Å². The van der Waals surface area contributed by atoms with Crippen LogP contribution in [0.25, 0.3) is 0 Å². The molecule has 0 fully saturated rings. The van der Waals surface area contributed by atoms with Crippen molar-refractivity contribution in [2.45, 2.75) is 58.3 Å². The highest BCUT2D eigenvalue weighted by molar-refractivity contribution is 14.1. The first kappa shape index (κ1) is 17.3. The highest BCUT2D eigenvalue weighted by atomic mass is 127. The molecule has 0 aromatic carbocycles. The van der Waals surface area contributed by atoms with E-state index in [2.05, 4.69) is 68.4 Å². The Hall–Kier alpha value is 1.30. The van der Waals surface area contributed by atoms with Gasteiger partial charge in [-0.2, -0.15) is 0 Å². The van der Waals surface area contributed by atoms with E-state index in [4.69, 9.17) is 8.23 Å². The molecule has 0 amide bonds. The Morgan fingerprint density at radius 1 is 0.812 bits per heavy atom. The zero-order chi connectivity index (χ0) is 13.0. The molecule has 0 aliphatic heterocycles. The average molecular weight is 390 g/mol. The van der Waals surface area contributed by atoms with Gasteiger partial charge >= 0.3 is 8.56 Å². The standard InChI is InChI=1S/C10H27IO2Si3/c1-14(2,3)12-16(7,10-8-9-11)13-15(4,5)6/h8-10H2,1-7H3. The molecule has 98 valence electrons. The molecule has 0 aliphatic carbocycles. The molecule has 0 saturated heterocycles. The number of hydrogen-bond acceptors (Lipinski definition) is 2. The van der Waals surface area contributed by atoms with Gasteiger partial charge in [0.1, 0.15) is 0 Å². The van der Waals surface area contributed by atoms with Gasteiger partial charge in [-0.1, -0.05) is 22.6 Å². The molecule has 2 nitrogen and oxygen atoms in total. The predicted octanol–water partition coefficient (Wildman–Crippen LogP) is 4.59. The van der Waals surface area contributed by atoms with E-state index in [9.17, 15) is 0 Å². The molecule has 0 rings (SSSR count). The van der Waals surface area contributed by atoms with Crippen molar-refractivity contribution in [1.82, 2.24) is 0 Å². The first-order chi connectivity index (χ1) is 6.97. The third-order valence-electron chi connectivity index (χ3n) is 1.81. The Morgan fingerprint density at radius 3 is 1.44 bits per heavy atom. The van der Waals surface area contributed by atoms with Crippen molar-refractivity contribution in [1.29, 1.82) is 0 Å². The van der Waals surface area contributed by atoms with Crippen LogP contribution in [-0.2, 0) is 8.23 Å².